The maximum Gasteiger partial charge on any atom is 0.329 e. The van der Waals surface area contributed by atoms with E-state index in [4.69, 9.17) is 9.84 Å². The Morgan fingerprint density at radius 1 is 1.42 bits per heavy atom. The number of hydrogen-bond acceptors (Lipinski definition) is 3. The molecule has 1 atom stereocenters. The van der Waals surface area contributed by atoms with Crippen molar-refractivity contribution in [2.45, 2.75) is 18.9 Å². The van der Waals surface area contributed by atoms with E-state index in [9.17, 15) is 13.6 Å². The second kappa shape index (κ2) is 5.52. The summed E-state index contributed by atoms with van der Waals surface area (Å²) in [5.74, 6) is -2.63. The standard InChI is InChI=1S/C13H14F2O4/c1-18-11-5-9(14)8(4-10(11)15)13(7-2-3-7)19-6-12(16)17/h4-5,7,13H,2-3,6H2,1H3,(H,16,17). The molecule has 4 nitrogen and oxygen atoms in total. The fourth-order valence-electron chi connectivity index (χ4n) is 1.96. The van der Waals surface area contributed by atoms with Crippen molar-refractivity contribution >= 4 is 5.97 Å². The first kappa shape index (κ1) is 13.7. The molecule has 6 heteroatoms. The number of carboxylic acid groups (broad SMARTS) is 1. The van der Waals surface area contributed by atoms with Crippen molar-refractivity contribution < 1.29 is 28.2 Å². The van der Waals surface area contributed by atoms with Gasteiger partial charge in [-0.3, -0.25) is 0 Å². The van der Waals surface area contributed by atoms with Gasteiger partial charge >= 0.3 is 5.97 Å². The molecule has 1 fully saturated rings. The second-order valence-electron chi connectivity index (χ2n) is 4.47. The highest BCUT2D eigenvalue weighted by Crippen LogP contribution is 2.44. The Morgan fingerprint density at radius 3 is 2.63 bits per heavy atom. The number of benzene rings is 1. The Kier molecular flexibility index (Phi) is 3.99. The molecule has 1 aromatic rings. The van der Waals surface area contributed by atoms with Gasteiger partial charge in [-0.2, -0.15) is 0 Å². The maximum atomic E-state index is 13.9. The van der Waals surface area contributed by atoms with Crippen molar-refractivity contribution in [2.24, 2.45) is 5.92 Å². The highest BCUT2D eigenvalue weighted by Gasteiger charge is 2.35. The summed E-state index contributed by atoms with van der Waals surface area (Å²) < 4.78 is 37.4. The predicted molar refractivity (Wildman–Crippen MR) is 62.0 cm³/mol. The Morgan fingerprint density at radius 2 is 2.11 bits per heavy atom. The Labute approximate surface area is 108 Å². The number of ether oxygens (including phenoxy) is 2. The van der Waals surface area contributed by atoms with E-state index in [0.29, 0.717) is 0 Å². The first-order valence-corrected chi connectivity index (χ1v) is 5.89. The summed E-state index contributed by atoms with van der Waals surface area (Å²) >= 11 is 0. The van der Waals surface area contributed by atoms with Crippen LogP contribution in [-0.4, -0.2) is 24.8 Å². The minimum Gasteiger partial charge on any atom is -0.494 e. The molecule has 0 spiro atoms. The van der Waals surface area contributed by atoms with Gasteiger partial charge in [0.2, 0.25) is 0 Å². The SMILES string of the molecule is COc1cc(F)c(C(OCC(=O)O)C2CC2)cc1F. The van der Waals surface area contributed by atoms with Gasteiger partial charge < -0.3 is 14.6 Å². The Bertz CT molecular complexity index is 486. The van der Waals surface area contributed by atoms with Crippen LogP contribution in [0.2, 0.25) is 0 Å². The third kappa shape index (κ3) is 3.20. The van der Waals surface area contributed by atoms with E-state index in [2.05, 4.69) is 4.74 Å². The van der Waals surface area contributed by atoms with Crippen molar-refractivity contribution in [3.8, 4) is 5.75 Å². The van der Waals surface area contributed by atoms with E-state index >= 15 is 0 Å². The molecular formula is C13H14F2O4. The topological polar surface area (TPSA) is 55.8 Å². The van der Waals surface area contributed by atoms with Gasteiger partial charge in [-0.1, -0.05) is 0 Å². The van der Waals surface area contributed by atoms with Crippen LogP contribution in [-0.2, 0) is 9.53 Å². The summed E-state index contributed by atoms with van der Waals surface area (Å²) in [6, 6.07) is 1.96. The number of halogens is 2. The van der Waals surface area contributed by atoms with Crippen LogP contribution in [0.5, 0.6) is 5.75 Å². The molecule has 1 aliphatic rings. The summed E-state index contributed by atoms with van der Waals surface area (Å²) in [7, 11) is 1.25. The van der Waals surface area contributed by atoms with Gasteiger partial charge in [0.1, 0.15) is 12.4 Å². The smallest absolute Gasteiger partial charge is 0.329 e. The normalized spacial score (nSPS) is 16.2. The highest BCUT2D eigenvalue weighted by atomic mass is 19.1. The molecule has 104 valence electrons. The van der Waals surface area contributed by atoms with Crippen LogP contribution < -0.4 is 4.74 Å². The zero-order valence-corrected chi connectivity index (χ0v) is 10.4. The van der Waals surface area contributed by atoms with Gasteiger partial charge in [-0.15, -0.1) is 0 Å². The molecule has 2 rings (SSSR count). The third-order valence-corrected chi connectivity index (χ3v) is 3.01. The minimum absolute atomic E-state index is 0.0432. The number of methoxy groups -OCH3 is 1. The summed E-state index contributed by atoms with van der Waals surface area (Å²) in [5.41, 5.74) is 0.0436. The Hall–Kier alpha value is -1.69. The second-order valence-corrected chi connectivity index (χ2v) is 4.47. The predicted octanol–water partition coefficient (Wildman–Crippen LogP) is 2.53. The molecule has 0 aliphatic heterocycles. The average molecular weight is 272 g/mol. The quantitative estimate of drug-likeness (QED) is 0.864. The molecular weight excluding hydrogens is 258 g/mol. The van der Waals surface area contributed by atoms with Crippen molar-refractivity contribution in [3.05, 3.63) is 29.3 Å². The van der Waals surface area contributed by atoms with Crippen LogP contribution in [0.15, 0.2) is 12.1 Å². The number of aliphatic carboxylic acids is 1. The molecule has 1 unspecified atom stereocenters. The van der Waals surface area contributed by atoms with Crippen molar-refractivity contribution in [2.75, 3.05) is 13.7 Å². The first-order valence-electron chi connectivity index (χ1n) is 5.89. The number of hydrogen-bond donors (Lipinski definition) is 1. The lowest BCUT2D eigenvalue weighted by atomic mass is 10.0. The van der Waals surface area contributed by atoms with Crippen LogP contribution in [0.25, 0.3) is 0 Å². The number of carbonyl (C=O) groups is 1. The van der Waals surface area contributed by atoms with E-state index in [1.165, 1.54) is 7.11 Å². The van der Waals surface area contributed by atoms with Crippen molar-refractivity contribution in [3.63, 3.8) is 0 Å². The van der Waals surface area contributed by atoms with E-state index in [1.54, 1.807) is 0 Å². The van der Waals surface area contributed by atoms with Gasteiger partial charge in [0, 0.05) is 11.6 Å². The highest BCUT2D eigenvalue weighted by molar-refractivity contribution is 5.68. The summed E-state index contributed by atoms with van der Waals surface area (Å²) in [5, 5.41) is 8.60. The zero-order valence-electron chi connectivity index (χ0n) is 10.4. The summed E-state index contributed by atoms with van der Waals surface area (Å²) in [6.45, 7) is -0.533. The van der Waals surface area contributed by atoms with Gasteiger partial charge in [-0.25, -0.2) is 13.6 Å². The molecule has 1 aromatic carbocycles. The molecule has 0 amide bonds. The lowest BCUT2D eigenvalue weighted by Gasteiger charge is -2.18. The van der Waals surface area contributed by atoms with E-state index in [0.717, 1.165) is 25.0 Å². The van der Waals surface area contributed by atoms with Gasteiger partial charge in [-0.05, 0) is 24.8 Å². The van der Waals surface area contributed by atoms with Crippen LogP contribution in [0.3, 0.4) is 0 Å². The number of rotatable bonds is 6. The van der Waals surface area contributed by atoms with Crippen LogP contribution in [0.1, 0.15) is 24.5 Å². The van der Waals surface area contributed by atoms with Gasteiger partial charge in [0.25, 0.3) is 0 Å². The van der Waals surface area contributed by atoms with Crippen LogP contribution >= 0.6 is 0 Å². The molecule has 0 saturated heterocycles. The lowest BCUT2D eigenvalue weighted by Crippen LogP contribution is -2.15. The molecule has 19 heavy (non-hydrogen) atoms. The molecule has 1 N–H and O–H groups in total. The van der Waals surface area contributed by atoms with E-state index in [-0.39, 0.29) is 17.2 Å². The maximum absolute atomic E-state index is 13.9. The first-order chi connectivity index (χ1) is 9.02. The van der Waals surface area contributed by atoms with Crippen molar-refractivity contribution in [1.82, 2.24) is 0 Å². The fraction of sp³-hybridized carbons (Fsp3) is 0.462. The van der Waals surface area contributed by atoms with Gasteiger partial charge in [0.15, 0.2) is 11.6 Å². The average Bonchev–Trinajstić information content (AvgIpc) is 3.17. The third-order valence-electron chi connectivity index (χ3n) is 3.01. The molecule has 0 bridgehead atoms. The van der Waals surface area contributed by atoms with E-state index in [1.807, 2.05) is 0 Å². The number of carboxylic acids is 1. The Balaban J connectivity index is 2.25. The van der Waals surface area contributed by atoms with Gasteiger partial charge in [0.05, 0.1) is 13.2 Å². The van der Waals surface area contributed by atoms with Crippen molar-refractivity contribution in [1.29, 1.82) is 0 Å². The van der Waals surface area contributed by atoms with Crippen LogP contribution in [0, 0.1) is 17.6 Å². The molecule has 0 heterocycles. The van der Waals surface area contributed by atoms with Crippen LogP contribution in [0.4, 0.5) is 8.78 Å². The zero-order chi connectivity index (χ0) is 14.0. The monoisotopic (exact) mass is 272 g/mol. The van der Waals surface area contributed by atoms with E-state index < -0.39 is 30.3 Å². The molecule has 1 aliphatic carbocycles. The fourth-order valence-corrected chi connectivity index (χ4v) is 1.96. The molecule has 1 saturated carbocycles. The lowest BCUT2D eigenvalue weighted by molar-refractivity contribution is -0.145. The summed E-state index contributed by atoms with van der Waals surface area (Å²) in [6.07, 6.45) is 0.908. The molecule has 0 aromatic heterocycles. The molecule has 0 radical (unpaired) electrons. The largest absolute Gasteiger partial charge is 0.494 e. The summed E-state index contributed by atoms with van der Waals surface area (Å²) in [4.78, 5) is 10.5. The minimum atomic E-state index is -1.14.